The van der Waals surface area contributed by atoms with Gasteiger partial charge in [-0.25, -0.2) is 17.6 Å². The number of halogens is 1. The number of benzene rings is 1. The SMILES string of the molecule is CC1=CCC[C@H]1NC(=O)Nc1ccc(C#N)c(S(=O)(=O)C(C)(C)F)c1O. The summed E-state index contributed by atoms with van der Waals surface area (Å²) in [6, 6.07) is 3.12. The second-order valence-electron chi connectivity index (χ2n) is 6.49. The summed E-state index contributed by atoms with van der Waals surface area (Å²) in [4.78, 5) is 11.3. The third-order valence-electron chi connectivity index (χ3n) is 4.18. The maximum atomic E-state index is 14.1. The Morgan fingerprint density at radius 1 is 1.42 bits per heavy atom. The van der Waals surface area contributed by atoms with Crippen LogP contribution in [0.3, 0.4) is 0 Å². The van der Waals surface area contributed by atoms with Crippen molar-refractivity contribution in [1.29, 1.82) is 5.26 Å². The van der Waals surface area contributed by atoms with Crippen molar-refractivity contribution in [3.8, 4) is 11.8 Å². The molecular formula is C17H20FN3O4S. The number of phenols is 1. The average molecular weight is 381 g/mol. The van der Waals surface area contributed by atoms with Gasteiger partial charge in [0.25, 0.3) is 0 Å². The van der Waals surface area contributed by atoms with Crippen molar-refractivity contribution in [2.24, 2.45) is 0 Å². The molecule has 0 spiro atoms. The van der Waals surface area contributed by atoms with Gasteiger partial charge in [-0.2, -0.15) is 5.26 Å². The summed E-state index contributed by atoms with van der Waals surface area (Å²) >= 11 is 0. The lowest BCUT2D eigenvalue weighted by Gasteiger charge is -2.20. The first-order valence-corrected chi connectivity index (χ1v) is 9.41. The van der Waals surface area contributed by atoms with E-state index in [4.69, 9.17) is 5.26 Å². The molecule has 0 radical (unpaired) electrons. The molecule has 1 aromatic carbocycles. The first kappa shape index (κ1) is 19.7. The Hall–Kier alpha value is -2.60. The fraction of sp³-hybridized carbons (Fsp3) is 0.412. The number of rotatable bonds is 4. The van der Waals surface area contributed by atoms with E-state index in [1.807, 2.05) is 13.0 Å². The quantitative estimate of drug-likeness (QED) is 0.547. The van der Waals surface area contributed by atoms with E-state index in [1.54, 1.807) is 6.07 Å². The van der Waals surface area contributed by atoms with Crippen LogP contribution in [0, 0.1) is 11.3 Å². The van der Waals surface area contributed by atoms with Crippen molar-refractivity contribution in [3.63, 3.8) is 0 Å². The fourth-order valence-corrected chi connectivity index (χ4v) is 3.88. The average Bonchev–Trinajstić information content (AvgIpc) is 2.92. The number of phenolic OH excluding ortho intramolecular Hbond substituents is 1. The number of hydrogen-bond acceptors (Lipinski definition) is 5. The highest BCUT2D eigenvalue weighted by atomic mass is 32.2. The molecule has 7 nitrogen and oxygen atoms in total. The van der Waals surface area contributed by atoms with Crippen LogP contribution in [0.5, 0.6) is 5.75 Å². The molecule has 0 saturated carbocycles. The molecule has 0 aromatic heterocycles. The number of aromatic hydroxyl groups is 1. The molecule has 1 atom stereocenters. The zero-order chi connectivity index (χ0) is 19.7. The molecular weight excluding hydrogens is 361 g/mol. The third-order valence-corrected chi connectivity index (χ3v) is 6.41. The van der Waals surface area contributed by atoms with Crippen molar-refractivity contribution in [3.05, 3.63) is 29.3 Å². The Morgan fingerprint density at radius 2 is 2.08 bits per heavy atom. The molecule has 1 aliphatic rings. The molecule has 2 rings (SSSR count). The van der Waals surface area contributed by atoms with E-state index in [-0.39, 0.29) is 11.7 Å². The normalized spacial score (nSPS) is 17.3. The molecule has 0 fully saturated rings. The first-order valence-electron chi connectivity index (χ1n) is 7.93. The predicted octanol–water partition coefficient (Wildman–Crippen LogP) is 2.97. The fourth-order valence-electron chi connectivity index (χ4n) is 2.63. The number of nitrogens with zero attached hydrogens (tertiary/aromatic N) is 1. The predicted molar refractivity (Wildman–Crippen MR) is 94.1 cm³/mol. The number of nitrogens with one attached hydrogen (secondary N) is 2. The minimum Gasteiger partial charge on any atom is -0.504 e. The number of allylic oxidation sites excluding steroid dienone is 1. The van der Waals surface area contributed by atoms with Crippen LogP contribution in [0.4, 0.5) is 14.9 Å². The summed E-state index contributed by atoms with van der Waals surface area (Å²) in [5, 5.41) is 21.8. The number of amides is 2. The topological polar surface area (TPSA) is 119 Å². The molecule has 0 aliphatic heterocycles. The number of alkyl halides is 1. The van der Waals surface area contributed by atoms with Crippen LogP contribution in [-0.2, 0) is 9.84 Å². The summed E-state index contributed by atoms with van der Waals surface area (Å²) in [6.45, 7) is 3.50. The molecule has 0 bridgehead atoms. The Balaban J connectivity index is 2.37. The van der Waals surface area contributed by atoms with E-state index in [2.05, 4.69) is 10.6 Å². The molecule has 0 heterocycles. The van der Waals surface area contributed by atoms with Gasteiger partial charge in [-0.15, -0.1) is 0 Å². The van der Waals surface area contributed by atoms with E-state index in [0.717, 1.165) is 38.3 Å². The molecule has 1 aliphatic carbocycles. The summed E-state index contributed by atoms with van der Waals surface area (Å²) in [5.41, 5.74) is 0.365. The number of sulfone groups is 1. The van der Waals surface area contributed by atoms with Crippen LogP contribution in [0.25, 0.3) is 0 Å². The standard InChI is InChI=1S/C17H20FN3O4S/c1-10-5-4-6-12(10)20-16(23)21-13-8-7-11(9-19)15(14(13)22)26(24,25)17(2,3)18/h5,7-8,12,22H,4,6H2,1-3H3,(H2,20,21,23)/t12-/m1/s1. The summed E-state index contributed by atoms with van der Waals surface area (Å²) < 4.78 is 38.9. The Morgan fingerprint density at radius 3 is 2.58 bits per heavy atom. The summed E-state index contributed by atoms with van der Waals surface area (Å²) in [5.74, 6) is -0.872. The van der Waals surface area contributed by atoms with Crippen LogP contribution in [0.1, 0.15) is 39.2 Å². The van der Waals surface area contributed by atoms with Gasteiger partial charge >= 0.3 is 6.03 Å². The lowest BCUT2D eigenvalue weighted by Crippen LogP contribution is -2.37. The van der Waals surface area contributed by atoms with Gasteiger partial charge in [0.15, 0.2) is 5.75 Å². The highest BCUT2D eigenvalue weighted by Gasteiger charge is 2.40. The van der Waals surface area contributed by atoms with Crippen LogP contribution >= 0.6 is 0 Å². The van der Waals surface area contributed by atoms with Gasteiger partial charge in [0.05, 0.1) is 17.3 Å². The molecule has 3 N–H and O–H groups in total. The van der Waals surface area contributed by atoms with Gasteiger partial charge in [0, 0.05) is 0 Å². The smallest absolute Gasteiger partial charge is 0.319 e. The first-order chi connectivity index (χ1) is 12.0. The van der Waals surface area contributed by atoms with E-state index in [9.17, 15) is 22.7 Å². The minimum absolute atomic E-state index is 0.150. The highest BCUT2D eigenvalue weighted by Crippen LogP contribution is 2.39. The lowest BCUT2D eigenvalue weighted by molar-refractivity contribution is 0.249. The van der Waals surface area contributed by atoms with Gasteiger partial charge in [0.2, 0.25) is 14.8 Å². The lowest BCUT2D eigenvalue weighted by atomic mass is 10.1. The Labute approximate surface area is 151 Å². The minimum atomic E-state index is -4.66. The summed E-state index contributed by atoms with van der Waals surface area (Å²) in [6.07, 6.45) is 3.58. The maximum Gasteiger partial charge on any atom is 0.319 e. The van der Waals surface area contributed by atoms with Gasteiger partial charge in [0.1, 0.15) is 11.0 Å². The number of urea groups is 1. The van der Waals surface area contributed by atoms with Crippen LogP contribution < -0.4 is 10.6 Å². The van der Waals surface area contributed by atoms with Crippen molar-refractivity contribution < 1.29 is 22.7 Å². The molecule has 26 heavy (non-hydrogen) atoms. The second kappa shape index (κ2) is 6.96. The molecule has 9 heteroatoms. The van der Waals surface area contributed by atoms with Gasteiger partial charge in [-0.1, -0.05) is 11.6 Å². The zero-order valence-electron chi connectivity index (χ0n) is 14.6. The number of carbonyl (C=O) groups is 1. The molecule has 1 aromatic rings. The number of carbonyl (C=O) groups excluding carboxylic acids is 1. The summed E-state index contributed by atoms with van der Waals surface area (Å²) in [7, 11) is -4.66. The van der Waals surface area contributed by atoms with Crippen molar-refractivity contribution in [1.82, 2.24) is 5.32 Å². The number of anilines is 1. The molecule has 2 amide bonds. The third kappa shape index (κ3) is 3.65. The maximum absolute atomic E-state index is 14.1. The number of nitriles is 1. The van der Waals surface area contributed by atoms with Crippen LogP contribution in [0.15, 0.2) is 28.7 Å². The second-order valence-corrected chi connectivity index (χ2v) is 8.88. The molecule has 0 saturated heterocycles. The van der Waals surface area contributed by atoms with E-state index in [0.29, 0.717) is 0 Å². The largest absolute Gasteiger partial charge is 0.504 e. The van der Waals surface area contributed by atoms with E-state index < -0.39 is 37.1 Å². The van der Waals surface area contributed by atoms with Crippen molar-refractivity contribution in [2.75, 3.05) is 5.32 Å². The highest BCUT2D eigenvalue weighted by molar-refractivity contribution is 7.92. The van der Waals surface area contributed by atoms with E-state index >= 15 is 0 Å². The van der Waals surface area contributed by atoms with Gasteiger partial charge < -0.3 is 15.7 Å². The van der Waals surface area contributed by atoms with Crippen molar-refractivity contribution in [2.45, 2.75) is 49.6 Å². The Bertz CT molecular complexity index is 911. The van der Waals surface area contributed by atoms with Crippen molar-refractivity contribution >= 4 is 21.6 Å². The monoisotopic (exact) mass is 381 g/mol. The van der Waals surface area contributed by atoms with E-state index in [1.165, 1.54) is 6.07 Å². The van der Waals surface area contributed by atoms with Crippen LogP contribution in [0.2, 0.25) is 0 Å². The van der Waals surface area contributed by atoms with Crippen LogP contribution in [-0.4, -0.2) is 30.6 Å². The molecule has 0 unspecified atom stereocenters. The number of hydrogen-bond donors (Lipinski definition) is 3. The van der Waals surface area contributed by atoms with Gasteiger partial charge in [-0.3, -0.25) is 0 Å². The molecule has 140 valence electrons. The van der Waals surface area contributed by atoms with Gasteiger partial charge in [-0.05, 0) is 45.7 Å². The Kier molecular flexibility index (Phi) is 5.28. The zero-order valence-corrected chi connectivity index (χ0v) is 15.4.